The Morgan fingerprint density at radius 2 is 1.89 bits per heavy atom. The van der Waals surface area contributed by atoms with E-state index in [0.29, 0.717) is 5.56 Å². The molecular formula is C16H16FNO. The molecule has 0 saturated carbocycles. The van der Waals surface area contributed by atoms with Crippen LogP contribution in [0.25, 0.3) is 0 Å². The Hall–Kier alpha value is -2.16. The Labute approximate surface area is 112 Å². The monoisotopic (exact) mass is 257 g/mol. The molecule has 3 heteroatoms. The summed E-state index contributed by atoms with van der Waals surface area (Å²) in [4.78, 5) is 11.9. The molecule has 0 aliphatic carbocycles. The van der Waals surface area contributed by atoms with Gasteiger partial charge in [-0.05, 0) is 54.8 Å². The number of carbonyl (C=O) groups is 1. The minimum absolute atomic E-state index is 0.145. The maximum atomic E-state index is 13.0. The topological polar surface area (TPSA) is 29.1 Å². The Kier molecular flexibility index (Phi) is 3.95. The SMILES string of the molecule is Cc1ccc(NC(=O)Cc2cccc(F)c2)cc1C. The highest BCUT2D eigenvalue weighted by molar-refractivity contribution is 5.92. The number of carbonyl (C=O) groups excluding carboxylic acids is 1. The van der Waals surface area contributed by atoms with Crippen molar-refractivity contribution in [1.29, 1.82) is 0 Å². The first-order valence-electron chi connectivity index (χ1n) is 6.16. The molecule has 0 unspecified atom stereocenters. The summed E-state index contributed by atoms with van der Waals surface area (Å²) in [5, 5.41) is 2.82. The lowest BCUT2D eigenvalue weighted by atomic mass is 10.1. The second-order valence-corrected chi connectivity index (χ2v) is 4.65. The van der Waals surface area contributed by atoms with Crippen LogP contribution < -0.4 is 5.32 Å². The molecule has 98 valence electrons. The van der Waals surface area contributed by atoms with E-state index < -0.39 is 0 Å². The van der Waals surface area contributed by atoms with Crippen LogP contribution in [0.15, 0.2) is 42.5 Å². The molecule has 0 saturated heterocycles. The van der Waals surface area contributed by atoms with Crippen molar-refractivity contribution in [3.8, 4) is 0 Å². The van der Waals surface area contributed by atoms with Crippen LogP contribution in [0.2, 0.25) is 0 Å². The summed E-state index contributed by atoms with van der Waals surface area (Å²) in [6.07, 6.45) is 0.171. The van der Waals surface area contributed by atoms with E-state index in [9.17, 15) is 9.18 Å². The summed E-state index contributed by atoms with van der Waals surface area (Å²) in [6.45, 7) is 4.02. The van der Waals surface area contributed by atoms with Gasteiger partial charge in [0.2, 0.25) is 5.91 Å². The van der Waals surface area contributed by atoms with Gasteiger partial charge in [0.15, 0.2) is 0 Å². The van der Waals surface area contributed by atoms with Crippen molar-refractivity contribution in [3.05, 3.63) is 65.0 Å². The van der Waals surface area contributed by atoms with Crippen LogP contribution in [0.3, 0.4) is 0 Å². The average Bonchev–Trinajstić information content (AvgIpc) is 2.34. The van der Waals surface area contributed by atoms with Crippen molar-refractivity contribution in [2.45, 2.75) is 20.3 Å². The fourth-order valence-corrected chi connectivity index (χ4v) is 1.86. The number of benzene rings is 2. The summed E-state index contributed by atoms with van der Waals surface area (Å²) >= 11 is 0. The minimum atomic E-state index is -0.323. The van der Waals surface area contributed by atoms with Crippen LogP contribution in [-0.2, 0) is 11.2 Å². The molecule has 0 heterocycles. The van der Waals surface area contributed by atoms with E-state index in [1.54, 1.807) is 12.1 Å². The highest BCUT2D eigenvalue weighted by atomic mass is 19.1. The predicted octanol–water partition coefficient (Wildman–Crippen LogP) is 3.62. The van der Waals surface area contributed by atoms with Crippen LogP contribution in [0.4, 0.5) is 10.1 Å². The zero-order valence-electron chi connectivity index (χ0n) is 11.0. The van der Waals surface area contributed by atoms with Crippen LogP contribution in [-0.4, -0.2) is 5.91 Å². The summed E-state index contributed by atoms with van der Waals surface area (Å²) in [6, 6.07) is 11.8. The third-order valence-electron chi connectivity index (χ3n) is 3.04. The summed E-state index contributed by atoms with van der Waals surface area (Å²) in [5.74, 6) is -0.467. The molecule has 0 aliphatic heterocycles. The molecule has 2 rings (SSSR count). The lowest BCUT2D eigenvalue weighted by molar-refractivity contribution is -0.115. The summed E-state index contributed by atoms with van der Waals surface area (Å²) in [7, 11) is 0. The highest BCUT2D eigenvalue weighted by Gasteiger charge is 2.05. The van der Waals surface area contributed by atoms with Gasteiger partial charge in [0.25, 0.3) is 0 Å². The fourth-order valence-electron chi connectivity index (χ4n) is 1.86. The summed E-state index contributed by atoms with van der Waals surface area (Å²) in [5.41, 5.74) is 3.75. The highest BCUT2D eigenvalue weighted by Crippen LogP contribution is 2.14. The van der Waals surface area contributed by atoms with Gasteiger partial charge in [-0.15, -0.1) is 0 Å². The molecule has 2 nitrogen and oxygen atoms in total. The number of hydrogen-bond acceptors (Lipinski definition) is 1. The lowest BCUT2D eigenvalue weighted by Crippen LogP contribution is -2.14. The van der Waals surface area contributed by atoms with Crippen molar-refractivity contribution >= 4 is 11.6 Å². The van der Waals surface area contributed by atoms with Crippen molar-refractivity contribution < 1.29 is 9.18 Å². The number of halogens is 1. The number of amides is 1. The first-order chi connectivity index (χ1) is 9.04. The quantitative estimate of drug-likeness (QED) is 0.894. The van der Waals surface area contributed by atoms with E-state index in [4.69, 9.17) is 0 Å². The largest absolute Gasteiger partial charge is 0.326 e. The molecule has 0 fully saturated rings. The van der Waals surface area contributed by atoms with Crippen molar-refractivity contribution in [3.63, 3.8) is 0 Å². The van der Waals surface area contributed by atoms with Crippen molar-refractivity contribution in [2.24, 2.45) is 0 Å². The van der Waals surface area contributed by atoms with E-state index in [0.717, 1.165) is 11.3 Å². The molecule has 0 aromatic heterocycles. The third-order valence-corrected chi connectivity index (χ3v) is 3.04. The van der Waals surface area contributed by atoms with Gasteiger partial charge < -0.3 is 5.32 Å². The van der Waals surface area contributed by atoms with E-state index in [-0.39, 0.29) is 18.1 Å². The van der Waals surface area contributed by atoms with Crippen molar-refractivity contribution in [1.82, 2.24) is 0 Å². The molecule has 2 aromatic rings. The van der Waals surface area contributed by atoms with Gasteiger partial charge in [0.05, 0.1) is 6.42 Å². The number of nitrogens with one attached hydrogen (secondary N) is 1. The zero-order chi connectivity index (χ0) is 13.8. The second kappa shape index (κ2) is 5.65. The van der Waals surface area contributed by atoms with Gasteiger partial charge in [-0.1, -0.05) is 18.2 Å². The normalized spacial score (nSPS) is 10.3. The van der Waals surface area contributed by atoms with Gasteiger partial charge >= 0.3 is 0 Å². The number of anilines is 1. The van der Waals surface area contributed by atoms with Gasteiger partial charge in [-0.25, -0.2) is 4.39 Å². The molecule has 19 heavy (non-hydrogen) atoms. The second-order valence-electron chi connectivity index (χ2n) is 4.65. The van der Waals surface area contributed by atoms with E-state index >= 15 is 0 Å². The maximum absolute atomic E-state index is 13.0. The first kappa shape index (κ1) is 13.3. The predicted molar refractivity (Wildman–Crippen MR) is 74.6 cm³/mol. The Morgan fingerprint density at radius 1 is 1.11 bits per heavy atom. The Morgan fingerprint density at radius 3 is 2.58 bits per heavy atom. The fraction of sp³-hybridized carbons (Fsp3) is 0.188. The number of aryl methyl sites for hydroxylation is 2. The van der Waals surface area contributed by atoms with E-state index in [1.807, 2.05) is 32.0 Å². The number of hydrogen-bond donors (Lipinski definition) is 1. The van der Waals surface area contributed by atoms with Crippen LogP contribution in [0.1, 0.15) is 16.7 Å². The summed E-state index contributed by atoms with van der Waals surface area (Å²) < 4.78 is 13.0. The zero-order valence-corrected chi connectivity index (χ0v) is 11.0. The molecule has 2 aromatic carbocycles. The molecule has 0 radical (unpaired) electrons. The van der Waals surface area contributed by atoms with Gasteiger partial charge in [0, 0.05) is 5.69 Å². The van der Waals surface area contributed by atoms with Crippen LogP contribution in [0, 0.1) is 19.7 Å². The first-order valence-corrected chi connectivity index (χ1v) is 6.16. The van der Waals surface area contributed by atoms with Crippen molar-refractivity contribution in [2.75, 3.05) is 5.32 Å². The van der Waals surface area contributed by atoms with Gasteiger partial charge in [-0.2, -0.15) is 0 Å². The van der Waals surface area contributed by atoms with Crippen LogP contribution >= 0.6 is 0 Å². The average molecular weight is 257 g/mol. The molecule has 0 atom stereocenters. The lowest BCUT2D eigenvalue weighted by Gasteiger charge is -2.07. The molecule has 1 amide bonds. The number of rotatable bonds is 3. The Bertz CT molecular complexity index is 607. The van der Waals surface area contributed by atoms with E-state index in [1.165, 1.54) is 17.7 Å². The van der Waals surface area contributed by atoms with Gasteiger partial charge in [0.1, 0.15) is 5.82 Å². The molecule has 0 aliphatic rings. The molecule has 1 N–H and O–H groups in total. The molecular weight excluding hydrogens is 241 g/mol. The smallest absolute Gasteiger partial charge is 0.228 e. The van der Waals surface area contributed by atoms with Gasteiger partial charge in [-0.3, -0.25) is 4.79 Å². The minimum Gasteiger partial charge on any atom is -0.326 e. The Balaban J connectivity index is 2.03. The molecule has 0 spiro atoms. The van der Waals surface area contributed by atoms with E-state index in [2.05, 4.69) is 5.32 Å². The molecule has 0 bridgehead atoms. The standard InChI is InChI=1S/C16H16FNO/c1-11-6-7-15(8-12(11)2)18-16(19)10-13-4-3-5-14(17)9-13/h3-9H,10H2,1-2H3,(H,18,19). The van der Waals surface area contributed by atoms with Crippen LogP contribution in [0.5, 0.6) is 0 Å². The third kappa shape index (κ3) is 3.65. The maximum Gasteiger partial charge on any atom is 0.228 e.